The summed E-state index contributed by atoms with van der Waals surface area (Å²) in [6.45, 7) is 6.30. The molecule has 0 saturated carbocycles. The molecule has 132 valence electrons. The summed E-state index contributed by atoms with van der Waals surface area (Å²) in [5, 5.41) is 10.9. The van der Waals surface area contributed by atoms with Crippen LogP contribution in [0.4, 0.5) is 8.78 Å². The van der Waals surface area contributed by atoms with Crippen LogP contribution in [0.5, 0.6) is 0 Å². The summed E-state index contributed by atoms with van der Waals surface area (Å²) >= 11 is 0. The second-order valence-electron chi connectivity index (χ2n) is 5.87. The SMILES string of the molecule is CCNC(=NCC(F)F)NC1CCc2cn(C(C)C)nc2C1.I. The lowest BCUT2D eigenvalue weighted by Gasteiger charge is -2.24. The van der Waals surface area contributed by atoms with Gasteiger partial charge in [0.25, 0.3) is 6.43 Å². The molecule has 8 heteroatoms. The van der Waals surface area contributed by atoms with Crippen molar-refractivity contribution < 1.29 is 8.78 Å². The molecule has 0 spiro atoms. The molecule has 1 unspecified atom stereocenters. The zero-order valence-corrected chi connectivity index (χ0v) is 16.2. The first-order chi connectivity index (χ1) is 10.5. The van der Waals surface area contributed by atoms with Crippen LogP contribution in [0, 0.1) is 0 Å². The van der Waals surface area contributed by atoms with Crippen LogP contribution in [0.1, 0.15) is 44.5 Å². The average molecular weight is 441 g/mol. The Morgan fingerprint density at radius 3 is 2.83 bits per heavy atom. The van der Waals surface area contributed by atoms with E-state index in [1.807, 2.05) is 11.6 Å². The molecule has 0 aliphatic heterocycles. The van der Waals surface area contributed by atoms with E-state index in [1.54, 1.807) is 0 Å². The quantitative estimate of drug-likeness (QED) is 0.420. The molecule has 1 aliphatic rings. The molecule has 2 rings (SSSR count). The molecule has 1 aromatic rings. The Hall–Kier alpha value is -0.930. The molecule has 0 bridgehead atoms. The maximum Gasteiger partial charge on any atom is 0.257 e. The monoisotopic (exact) mass is 441 g/mol. The standard InChI is InChI=1S/C15H25F2N5.HI/c1-4-18-15(19-8-14(16)17)20-12-6-5-11-9-22(10(2)3)21-13(11)7-12;/h9-10,12,14H,4-8H2,1-3H3,(H2,18,19,20);1H. The van der Waals surface area contributed by atoms with Gasteiger partial charge in [-0.1, -0.05) is 0 Å². The van der Waals surface area contributed by atoms with Crippen LogP contribution in [0.2, 0.25) is 0 Å². The Bertz CT molecular complexity index is 516. The van der Waals surface area contributed by atoms with E-state index in [4.69, 9.17) is 0 Å². The Morgan fingerprint density at radius 1 is 1.48 bits per heavy atom. The highest BCUT2D eigenvalue weighted by atomic mass is 127. The summed E-state index contributed by atoms with van der Waals surface area (Å²) < 4.78 is 26.6. The summed E-state index contributed by atoms with van der Waals surface area (Å²) in [5.74, 6) is 0.458. The Balaban J connectivity index is 0.00000264. The number of fused-ring (bicyclic) bond motifs is 1. The normalized spacial score (nSPS) is 17.9. The minimum atomic E-state index is -2.42. The number of aromatic nitrogens is 2. The maximum absolute atomic E-state index is 12.3. The van der Waals surface area contributed by atoms with E-state index in [-0.39, 0.29) is 30.0 Å². The number of aryl methyl sites for hydroxylation is 1. The molecule has 5 nitrogen and oxygen atoms in total. The number of nitrogens with zero attached hydrogens (tertiary/aromatic N) is 3. The van der Waals surface area contributed by atoms with Gasteiger partial charge in [0.2, 0.25) is 0 Å². The number of hydrogen-bond donors (Lipinski definition) is 2. The van der Waals surface area contributed by atoms with Crippen molar-refractivity contribution in [1.29, 1.82) is 0 Å². The fourth-order valence-electron chi connectivity index (χ4n) is 2.57. The van der Waals surface area contributed by atoms with Crippen LogP contribution in [0.15, 0.2) is 11.2 Å². The van der Waals surface area contributed by atoms with Crippen LogP contribution in [-0.4, -0.2) is 41.3 Å². The molecule has 1 aromatic heterocycles. The number of halogens is 3. The topological polar surface area (TPSA) is 54.2 Å². The van der Waals surface area contributed by atoms with Crippen molar-refractivity contribution in [2.45, 2.75) is 58.5 Å². The van der Waals surface area contributed by atoms with E-state index in [2.05, 4.69) is 40.8 Å². The average Bonchev–Trinajstić information content (AvgIpc) is 2.88. The van der Waals surface area contributed by atoms with E-state index >= 15 is 0 Å². The number of alkyl halides is 2. The number of rotatable bonds is 5. The van der Waals surface area contributed by atoms with Gasteiger partial charge in [-0.2, -0.15) is 5.10 Å². The predicted molar refractivity (Wildman–Crippen MR) is 99.0 cm³/mol. The molecular weight excluding hydrogens is 415 g/mol. The first-order valence-electron chi connectivity index (χ1n) is 7.89. The molecule has 2 N–H and O–H groups in total. The molecule has 1 heterocycles. The lowest BCUT2D eigenvalue weighted by atomic mass is 9.94. The summed E-state index contributed by atoms with van der Waals surface area (Å²) in [5.41, 5.74) is 2.39. The smallest absolute Gasteiger partial charge is 0.257 e. The van der Waals surface area contributed by atoms with Crippen molar-refractivity contribution >= 4 is 29.9 Å². The van der Waals surface area contributed by atoms with Crippen molar-refractivity contribution in [2.75, 3.05) is 13.1 Å². The van der Waals surface area contributed by atoms with E-state index in [0.717, 1.165) is 25.0 Å². The van der Waals surface area contributed by atoms with Gasteiger partial charge in [-0.3, -0.25) is 4.68 Å². The van der Waals surface area contributed by atoms with Crippen LogP contribution in [0.25, 0.3) is 0 Å². The van der Waals surface area contributed by atoms with Gasteiger partial charge in [-0.05, 0) is 39.2 Å². The van der Waals surface area contributed by atoms with Crippen molar-refractivity contribution in [2.24, 2.45) is 4.99 Å². The molecule has 1 aliphatic carbocycles. The number of guanidine groups is 1. The third-order valence-electron chi connectivity index (χ3n) is 3.70. The molecule has 0 fully saturated rings. The van der Waals surface area contributed by atoms with Crippen molar-refractivity contribution in [1.82, 2.24) is 20.4 Å². The second-order valence-corrected chi connectivity index (χ2v) is 5.87. The van der Waals surface area contributed by atoms with Gasteiger partial charge >= 0.3 is 0 Å². The Kier molecular flexibility index (Phi) is 8.21. The zero-order chi connectivity index (χ0) is 16.1. The Labute approximate surface area is 153 Å². The van der Waals surface area contributed by atoms with Crippen molar-refractivity contribution in [3.63, 3.8) is 0 Å². The second kappa shape index (κ2) is 9.39. The van der Waals surface area contributed by atoms with Gasteiger partial charge in [-0.25, -0.2) is 13.8 Å². The lowest BCUT2D eigenvalue weighted by molar-refractivity contribution is 0.158. The third-order valence-corrected chi connectivity index (χ3v) is 3.70. The minimum Gasteiger partial charge on any atom is -0.357 e. The third kappa shape index (κ3) is 5.89. The summed E-state index contributed by atoms with van der Waals surface area (Å²) in [4.78, 5) is 3.92. The minimum absolute atomic E-state index is 0. The van der Waals surface area contributed by atoms with Gasteiger partial charge in [0.05, 0.1) is 5.69 Å². The highest BCUT2D eigenvalue weighted by Crippen LogP contribution is 2.21. The van der Waals surface area contributed by atoms with Crippen LogP contribution in [0.3, 0.4) is 0 Å². The van der Waals surface area contributed by atoms with Gasteiger partial charge in [-0.15, -0.1) is 24.0 Å². The summed E-state index contributed by atoms with van der Waals surface area (Å²) in [7, 11) is 0. The highest BCUT2D eigenvalue weighted by molar-refractivity contribution is 14.0. The molecule has 0 saturated heterocycles. The zero-order valence-electron chi connectivity index (χ0n) is 13.9. The molecule has 0 radical (unpaired) electrons. The van der Waals surface area contributed by atoms with E-state index in [1.165, 1.54) is 5.56 Å². The van der Waals surface area contributed by atoms with Crippen LogP contribution in [-0.2, 0) is 12.8 Å². The highest BCUT2D eigenvalue weighted by Gasteiger charge is 2.23. The van der Waals surface area contributed by atoms with Crippen molar-refractivity contribution in [3.8, 4) is 0 Å². The van der Waals surface area contributed by atoms with Gasteiger partial charge < -0.3 is 10.6 Å². The first kappa shape index (κ1) is 20.1. The van der Waals surface area contributed by atoms with E-state index < -0.39 is 13.0 Å². The predicted octanol–water partition coefficient (Wildman–Crippen LogP) is 2.76. The Morgan fingerprint density at radius 2 is 2.22 bits per heavy atom. The number of aliphatic imine (C=N–C) groups is 1. The molecule has 1 atom stereocenters. The largest absolute Gasteiger partial charge is 0.357 e. The lowest BCUT2D eigenvalue weighted by Crippen LogP contribution is -2.45. The maximum atomic E-state index is 12.3. The molecule has 0 aromatic carbocycles. The summed E-state index contributed by atoms with van der Waals surface area (Å²) in [6.07, 6.45) is 2.40. The van der Waals surface area contributed by atoms with Gasteiger partial charge in [0.1, 0.15) is 6.54 Å². The number of hydrogen-bond acceptors (Lipinski definition) is 2. The fourth-order valence-corrected chi connectivity index (χ4v) is 2.57. The summed E-state index contributed by atoms with van der Waals surface area (Å²) in [6, 6.07) is 0.528. The van der Waals surface area contributed by atoms with Crippen LogP contribution < -0.4 is 10.6 Å². The number of nitrogens with one attached hydrogen (secondary N) is 2. The van der Waals surface area contributed by atoms with Crippen LogP contribution >= 0.6 is 24.0 Å². The van der Waals surface area contributed by atoms with Gasteiger partial charge in [0.15, 0.2) is 5.96 Å². The molecule has 23 heavy (non-hydrogen) atoms. The first-order valence-corrected chi connectivity index (χ1v) is 7.89. The van der Waals surface area contributed by atoms with Gasteiger partial charge in [0, 0.05) is 31.2 Å². The van der Waals surface area contributed by atoms with E-state index in [0.29, 0.717) is 18.5 Å². The molecule has 0 amide bonds. The van der Waals surface area contributed by atoms with Crippen molar-refractivity contribution in [3.05, 3.63) is 17.5 Å². The molecular formula is C15H26F2IN5. The fraction of sp³-hybridized carbons (Fsp3) is 0.733. The van der Waals surface area contributed by atoms with E-state index in [9.17, 15) is 8.78 Å².